The summed E-state index contributed by atoms with van der Waals surface area (Å²) in [6.45, 7) is 0. The SMILES string of the molecule is CN(C)c1cc(-c2cccc([N+](=O)[O-])c2)c(O)c2c1C[C@@H]1C[C@@H]3[C@@H](N(C)C)C(=O)C(C(N)=O)C(=O)[C@]3(O)C(=O)C1C2=O. The minimum Gasteiger partial charge on any atom is -0.507 e. The van der Waals surface area contributed by atoms with Gasteiger partial charge in [0.2, 0.25) is 5.91 Å². The number of benzene rings is 2. The molecule has 2 aromatic carbocycles. The molecule has 5 rings (SSSR count). The van der Waals surface area contributed by atoms with Crippen LogP contribution in [0.3, 0.4) is 0 Å². The molecule has 4 N–H and O–H groups in total. The number of carbonyl (C=O) groups excluding carboxylic acids is 5. The topological polar surface area (TPSA) is 201 Å². The number of anilines is 1. The number of hydrogen-bond acceptors (Lipinski definition) is 11. The highest BCUT2D eigenvalue weighted by Gasteiger charge is 2.69. The molecule has 2 unspecified atom stereocenters. The van der Waals surface area contributed by atoms with E-state index in [-0.39, 0.29) is 35.2 Å². The monoisotopic (exact) mass is 578 g/mol. The largest absolute Gasteiger partial charge is 0.507 e. The van der Waals surface area contributed by atoms with Gasteiger partial charge in [-0.25, -0.2) is 0 Å². The summed E-state index contributed by atoms with van der Waals surface area (Å²) < 4.78 is 0. The number of phenolic OH excluding ortho intramolecular Hbond substituents is 1. The number of likely N-dealkylation sites (N-methyl/N-ethyl adjacent to an activating group) is 1. The van der Waals surface area contributed by atoms with E-state index in [2.05, 4.69) is 0 Å². The van der Waals surface area contributed by atoms with Gasteiger partial charge in [0.05, 0.1) is 22.4 Å². The van der Waals surface area contributed by atoms with E-state index in [4.69, 9.17) is 5.73 Å². The molecule has 0 saturated heterocycles. The van der Waals surface area contributed by atoms with Crippen molar-refractivity contribution in [2.24, 2.45) is 29.4 Å². The Morgan fingerprint density at radius 3 is 2.33 bits per heavy atom. The van der Waals surface area contributed by atoms with Crippen molar-refractivity contribution in [3.05, 3.63) is 51.6 Å². The van der Waals surface area contributed by atoms with E-state index in [1.807, 2.05) is 0 Å². The summed E-state index contributed by atoms with van der Waals surface area (Å²) in [5.41, 5.74) is 3.45. The summed E-state index contributed by atoms with van der Waals surface area (Å²) in [5, 5.41) is 34.5. The van der Waals surface area contributed by atoms with Crippen LogP contribution in [0, 0.1) is 33.8 Å². The zero-order valence-corrected chi connectivity index (χ0v) is 23.4. The number of nitrogens with two attached hydrogens (primary N) is 1. The molecule has 2 aromatic rings. The molecule has 2 fully saturated rings. The van der Waals surface area contributed by atoms with Gasteiger partial charge in [0.1, 0.15) is 5.75 Å². The maximum absolute atomic E-state index is 14.1. The van der Waals surface area contributed by atoms with Crippen molar-refractivity contribution in [1.29, 1.82) is 0 Å². The first-order valence-corrected chi connectivity index (χ1v) is 13.3. The molecule has 0 radical (unpaired) electrons. The van der Waals surface area contributed by atoms with Gasteiger partial charge in [-0.15, -0.1) is 0 Å². The van der Waals surface area contributed by atoms with Gasteiger partial charge >= 0.3 is 0 Å². The summed E-state index contributed by atoms with van der Waals surface area (Å²) >= 11 is 0. The highest BCUT2D eigenvalue weighted by atomic mass is 16.6. The quantitative estimate of drug-likeness (QED) is 0.253. The third-order valence-corrected chi connectivity index (χ3v) is 8.89. The van der Waals surface area contributed by atoms with Gasteiger partial charge in [0, 0.05) is 43.4 Å². The second kappa shape index (κ2) is 9.81. The number of nitrogens with zero attached hydrogens (tertiary/aromatic N) is 3. The maximum Gasteiger partial charge on any atom is 0.270 e. The average Bonchev–Trinajstić information content (AvgIpc) is 2.90. The first kappa shape index (κ1) is 29.0. The Morgan fingerprint density at radius 1 is 1.10 bits per heavy atom. The van der Waals surface area contributed by atoms with E-state index in [1.165, 1.54) is 43.3 Å². The molecule has 2 saturated carbocycles. The number of amides is 1. The van der Waals surface area contributed by atoms with Crippen molar-refractivity contribution in [3.8, 4) is 16.9 Å². The number of Topliss-reactive ketones (excluding diaryl/α,β-unsaturated/α-hetero) is 4. The lowest BCUT2D eigenvalue weighted by molar-refractivity contribution is -0.384. The van der Waals surface area contributed by atoms with Crippen LogP contribution in [0.25, 0.3) is 11.1 Å². The van der Waals surface area contributed by atoms with Gasteiger partial charge in [-0.05, 0) is 50.0 Å². The molecule has 0 spiro atoms. The molecule has 0 bridgehead atoms. The second-order valence-corrected chi connectivity index (χ2v) is 11.6. The van der Waals surface area contributed by atoms with E-state index in [1.54, 1.807) is 25.1 Å². The molecule has 3 aliphatic rings. The Hall–Kier alpha value is -4.49. The van der Waals surface area contributed by atoms with Crippen molar-refractivity contribution in [1.82, 2.24) is 4.90 Å². The molecule has 0 aromatic heterocycles. The number of aliphatic hydroxyl groups is 1. The number of primary amides is 1. The van der Waals surface area contributed by atoms with E-state index in [0.717, 1.165) is 0 Å². The van der Waals surface area contributed by atoms with Gasteiger partial charge in [-0.3, -0.25) is 39.0 Å². The minimum atomic E-state index is -2.82. The van der Waals surface area contributed by atoms with Gasteiger partial charge in [0.15, 0.2) is 34.7 Å². The fraction of sp³-hybridized carbons (Fsp3) is 0.414. The number of nitro groups is 1. The molecule has 6 atom stereocenters. The minimum absolute atomic E-state index is 0.0653. The van der Waals surface area contributed by atoms with Crippen molar-refractivity contribution in [2.75, 3.05) is 33.1 Å². The first-order valence-electron chi connectivity index (χ1n) is 13.3. The lowest BCUT2D eigenvalue weighted by Crippen LogP contribution is -2.74. The lowest BCUT2D eigenvalue weighted by Gasteiger charge is -2.52. The van der Waals surface area contributed by atoms with Crippen LogP contribution in [-0.2, 0) is 25.6 Å². The molecule has 13 nitrogen and oxygen atoms in total. The summed E-state index contributed by atoms with van der Waals surface area (Å²) in [6, 6.07) is 5.92. The Kier molecular flexibility index (Phi) is 6.78. The van der Waals surface area contributed by atoms with Crippen molar-refractivity contribution < 1.29 is 39.1 Å². The predicted molar refractivity (Wildman–Crippen MR) is 148 cm³/mol. The number of fused-ring (bicyclic) bond motifs is 3. The lowest BCUT2D eigenvalue weighted by atomic mass is 9.52. The van der Waals surface area contributed by atoms with Crippen molar-refractivity contribution >= 4 is 40.4 Å². The molecule has 0 heterocycles. The van der Waals surface area contributed by atoms with Gasteiger partial charge in [-0.1, -0.05) is 12.1 Å². The van der Waals surface area contributed by atoms with Crippen molar-refractivity contribution in [2.45, 2.75) is 24.5 Å². The molecular weight excluding hydrogens is 548 g/mol. The van der Waals surface area contributed by atoms with E-state index >= 15 is 0 Å². The molecule has 1 amide bonds. The van der Waals surface area contributed by atoms with E-state index in [0.29, 0.717) is 11.3 Å². The van der Waals surface area contributed by atoms with Crippen LogP contribution < -0.4 is 10.6 Å². The highest BCUT2D eigenvalue weighted by molar-refractivity contribution is 6.32. The number of ketones is 4. The smallest absolute Gasteiger partial charge is 0.270 e. The summed E-state index contributed by atoms with van der Waals surface area (Å²) in [7, 11) is 6.48. The summed E-state index contributed by atoms with van der Waals surface area (Å²) in [5.74, 6) is -11.5. The number of rotatable bonds is 5. The van der Waals surface area contributed by atoms with Gasteiger partial charge < -0.3 is 20.8 Å². The predicted octanol–water partition coefficient (Wildman–Crippen LogP) is 0.508. The summed E-state index contributed by atoms with van der Waals surface area (Å²) in [4.78, 5) is 81.0. The van der Waals surface area contributed by atoms with Crippen molar-refractivity contribution in [3.63, 3.8) is 0 Å². The van der Waals surface area contributed by atoms with Crippen LogP contribution in [-0.4, -0.2) is 88.9 Å². The van der Waals surface area contributed by atoms with Crippen LogP contribution in [0.5, 0.6) is 5.75 Å². The van der Waals surface area contributed by atoms with Crippen LogP contribution in [0.15, 0.2) is 30.3 Å². The Bertz CT molecular complexity index is 1600. The third-order valence-electron chi connectivity index (χ3n) is 8.89. The second-order valence-electron chi connectivity index (χ2n) is 11.6. The van der Waals surface area contributed by atoms with Gasteiger partial charge in [-0.2, -0.15) is 0 Å². The van der Waals surface area contributed by atoms with Crippen LogP contribution >= 0.6 is 0 Å². The van der Waals surface area contributed by atoms with Crippen LogP contribution in [0.2, 0.25) is 0 Å². The van der Waals surface area contributed by atoms with Gasteiger partial charge in [0.25, 0.3) is 5.69 Å². The number of phenols is 1. The number of aromatic hydroxyl groups is 1. The highest BCUT2D eigenvalue weighted by Crippen LogP contribution is 2.53. The average molecular weight is 579 g/mol. The number of carbonyl (C=O) groups is 5. The molecule has 0 aliphatic heterocycles. The number of non-ortho nitro benzene ring substituents is 1. The van der Waals surface area contributed by atoms with Crippen LogP contribution in [0.1, 0.15) is 22.3 Å². The maximum atomic E-state index is 14.1. The van der Waals surface area contributed by atoms with E-state index in [9.17, 15) is 44.3 Å². The molecule has 13 heteroatoms. The number of hydrogen-bond donors (Lipinski definition) is 3. The molecule has 3 aliphatic carbocycles. The number of nitro benzene ring substituents is 1. The Labute approximate surface area is 240 Å². The Balaban J connectivity index is 1.69. The zero-order valence-electron chi connectivity index (χ0n) is 23.4. The zero-order chi connectivity index (χ0) is 31.0. The standard InChI is InChI=1S/C29H30N4O9/c1-31(2)18-11-15(12-6-5-7-14(8-12)33(41)42)23(34)20-16(18)9-13-10-17-22(32(3)4)25(36)21(28(30)39)27(38)29(17,40)26(37)19(13)24(20)35/h5-8,11,13,17,19,21-22,34,40H,9-10H2,1-4H3,(H2,30,39)/t13-,17-,19?,21?,22-,29-/m1/s1. The normalized spacial score (nSPS) is 28.7. The van der Waals surface area contributed by atoms with E-state index < -0.39 is 75.0 Å². The Morgan fingerprint density at radius 2 is 1.76 bits per heavy atom. The fourth-order valence-corrected chi connectivity index (χ4v) is 7.06. The summed E-state index contributed by atoms with van der Waals surface area (Å²) in [6.07, 6.45) is 0.0340. The first-order chi connectivity index (χ1) is 19.6. The van der Waals surface area contributed by atoms with Crippen LogP contribution in [0.4, 0.5) is 11.4 Å². The molecule has 42 heavy (non-hydrogen) atoms. The molecule has 220 valence electrons. The third kappa shape index (κ3) is 3.95. The molecular formula is C29H30N4O9. The fourth-order valence-electron chi connectivity index (χ4n) is 7.06.